The lowest BCUT2D eigenvalue weighted by Crippen LogP contribution is -2.38. The highest BCUT2D eigenvalue weighted by atomic mass is 79.9. The molecule has 1 saturated heterocycles. The van der Waals surface area contributed by atoms with Crippen molar-refractivity contribution >= 4 is 15.9 Å². The molecule has 76 valence electrons. The van der Waals surface area contributed by atoms with Crippen LogP contribution in [-0.2, 0) is 6.42 Å². The summed E-state index contributed by atoms with van der Waals surface area (Å²) in [5, 5.41) is 3.59. The van der Waals surface area contributed by atoms with E-state index >= 15 is 0 Å². The van der Waals surface area contributed by atoms with Gasteiger partial charge in [-0.3, -0.25) is 0 Å². The van der Waals surface area contributed by atoms with Gasteiger partial charge in [-0.05, 0) is 50.4 Å². The maximum absolute atomic E-state index is 3.59. The second kappa shape index (κ2) is 4.03. The predicted octanol–water partition coefficient (Wildman–Crippen LogP) is 3.13. The Labute approximate surface area is 94.0 Å². The van der Waals surface area contributed by atoms with Gasteiger partial charge >= 0.3 is 0 Å². The molecule has 0 aromatic heterocycles. The van der Waals surface area contributed by atoms with Crippen molar-refractivity contribution in [3.05, 3.63) is 34.3 Å². The van der Waals surface area contributed by atoms with Gasteiger partial charge in [0, 0.05) is 10.0 Å². The van der Waals surface area contributed by atoms with Crippen LogP contribution in [0.1, 0.15) is 25.3 Å². The Bertz CT molecular complexity index is 316. The van der Waals surface area contributed by atoms with Gasteiger partial charge in [0.25, 0.3) is 0 Å². The van der Waals surface area contributed by atoms with E-state index in [1.54, 1.807) is 0 Å². The molecular weight excluding hydrogens is 238 g/mol. The number of nitrogens with one attached hydrogen (secondary N) is 1. The molecule has 1 aliphatic heterocycles. The van der Waals surface area contributed by atoms with Crippen molar-refractivity contribution in [1.82, 2.24) is 5.32 Å². The minimum Gasteiger partial charge on any atom is -0.311 e. The monoisotopic (exact) mass is 253 g/mol. The Morgan fingerprint density at radius 2 is 2.36 bits per heavy atom. The van der Waals surface area contributed by atoms with Crippen molar-refractivity contribution in [3.8, 4) is 0 Å². The highest BCUT2D eigenvalue weighted by Crippen LogP contribution is 2.24. The minimum absolute atomic E-state index is 0.320. The van der Waals surface area contributed by atoms with E-state index in [1.807, 2.05) is 0 Å². The summed E-state index contributed by atoms with van der Waals surface area (Å²) in [6.07, 6.45) is 3.73. The zero-order valence-corrected chi connectivity index (χ0v) is 10.1. The number of benzene rings is 1. The molecule has 1 fully saturated rings. The second-order valence-corrected chi connectivity index (χ2v) is 5.31. The lowest BCUT2D eigenvalue weighted by Gasteiger charge is -2.24. The summed E-state index contributed by atoms with van der Waals surface area (Å²) < 4.78 is 1.18. The van der Waals surface area contributed by atoms with Gasteiger partial charge in [-0.15, -0.1) is 0 Å². The van der Waals surface area contributed by atoms with Gasteiger partial charge in [0.15, 0.2) is 0 Å². The standard InChI is InChI=1S/C12H16BrN/c1-12(6-3-7-14-12)9-10-4-2-5-11(13)8-10/h2,4-5,8,14H,3,6-7,9H2,1H3. The van der Waals surface area contributed by atoms with E-state index in [4.69, 9.17) is 0 Å². The lowest BCUT2D eigenvalue weighted by molar-refractivity contribution is 0.412. The third-order valence-electron chi connectivity index (χ3n) is 2.94. The fourth-order valence-electron chi connectivity index (χ4n) is 2.21. The smallest absolute Gasteiger partial charge is 0.0194 e. The molecule has 2 rings (SSSR count). The molecule has 1 aliphatic rings. The molecule has 0 aliphatic carbocycles. The lowest BCUT2D eigenvalue weighted by atomic mass is 9.91. The summed E-state index contributed by atoms with van der Waals surface area (Å²) in [5.41, 5.74) is 1.73. The van der Waals surface area contributed by atoms with E-state index in [0.29, 0.717) is 5.54 Å². The molecule has 0 bridgehead atoms. The van der Waals surface area contributed by atoms with Gasteiger partial charge in [0.2, 0.25) is 0 Å². The molecule has 1 atom stereocenters. The first kappa shape index (κ1) is 10.2. The Kier molecular flexibility index (Phi) is 2.93. The van der Waals surface area contributed by atoms with Gasteiger partial charge in [-0.2, -0.15) is 0 Å². The van der Waals surface area contributed by atoms with E-state index in [0.717, 1.165) is 6.42 Å². The first-order valence-electron chi connectivity index (χ1n) is 5.17. The first-order valence-corrected chi connectivity index (χ1v) is 5.97. The second-order valence-electron chi connectivity index (χ2n) is 4.40. The van der Waals surface area contributed by atoms with Crippen LogP contribution in [0.2, 0.25) is 0 Å². The summed E-state index contributed by atoms with van der Waals surface area (Å²) in [6, 6.07) is 8.60. The molecule has 1 N–H and O–H groups in total. The van der Waals surface area contributed by atoms with Gasteiger partial charge in [0.05, 0.1) is 0 Å². The normalized spacial score (nSPS) is 26.7. The topological polar surface area (TPSA) is 12.0 Å². The molecule has 1 nitrogen and oxygen atoms in total. The largest absolute Gasteiger partial charge is 0.311 e. The van der Waals surface area contributed by atoms with Crippen molar-refractivity contribution in [3.63, 3.8) is 0 Å². The fraction of sp³-hybridized carbons (Fsp3) is 0.500. The average molecular weight is 254 g/mol. The van der Waals surface area contributed by atoms with E-state index in [2.05, 4.69) is 52.4 Å². The molecule has 0 saturated carbocycles. The maximum atomic E-state index is 3.59. The molecule has 1 aromatic rings. The van der Waals surface area contributed by atoms with Crippen LogP contribution in [0.15, 0.2) is 28.7 Å². The van der Waals surface area contributed by atoms with Gasteiger partial charge in [-0.1, -0.05) is 28.1 Å². The number of halogens is 1. The first-order chi connectivity index (χ1) is 6.68. The molecule has 1 heterocycles. The van der Waals surface area contributed by atoms with Crippen molar-refractivity contribution in [2.45, 2.75) is 31.7 Å². The van der Waals surface area contributed by atoms with Crippen LogP contribution in [-0.4, -0.2) is 12.1 Å². The van der Waals surface area contributed by atoms with E-state index in [9.17, 15) is 0 Å². The van der Waals surface area contributed by atoms with E-state index in [-0.39, 0.29) is 0 Å². The zero-order chi connectivity index (χ0) is 10.0. The van der Waals surface area contributed by atoms with Gasteiger partial charge in [0.1, 0.15) is 0 Å². The minimum atomic E-state index is 0.320. The van der Waals surface area contributed by atoms with Crippen molar-refractivity contribution in [2.24, 2.45) is 0 Å². The van der Waals surface area contributed by atoms with Crippen LogP contribution < -0.4 is 5.32 Å². The Balaban J connectivity index is 2.10. The molecule has 0 spiro atoms. The molecule has 1 unspecified atom stereocenters. The summed E-state index contributed by atoms with van der Waals surface area (Å²) in [6.45, 7) is 3.49. The van der Waals surface area contributed by atoms with E-state index in [1.165, 1.54) is 29.4 Å². The molecule has 2 heteroatoms. The SMILES string of the molecule is CC1(Cc2cccc(Br)c2)CCCN1. The third kappa shape index (κ3) is 2.37. The number of hydrogen-bond donors (Lipinski definition) is 1. The van der Waals surface area contributed by atoms with Crippen LogP contribution in [0, 0.1) is 0 Å². The van der Waals surface area contributed by atoms with Crippen molar-refractivity contribution < 1.29 is 0 Å². The van der Waals surface area contributed by atoms with Gasteiger partial charge < -0.3 is 5.32 Å². The highest BCUT2D eigenvalue weighted by Gasteiger charge is 2.27. The molecular formula is C12H16BrN. The maximum Gasteiger partial charge on any atom is 0.0194 e. The van der Waals surface area contributed by atoms with E-state index < -0.39 is 0 Å². The molecule has 14 heavy (non-hydrogen) atoms. The quantitative estimate of drug-likeness (QED) is 0.854. The Morgan fingerprint density at radius 3 is 3.00 bits per heavy atom. The van der Waals surface area contributed by atoms with Gasteiger partial charge in [-0.25, -0.2) is 0 Å². The van der Waals surface area contributed by atoms with Crippen LogP contribution >= 0.6 is 15.9 Å². The summed E-state index contributed by atoms with van der Waals surface area (Å²) >= 11 is 3.51. The Morgan fingerprint density at radius 1 is 1.50 bits per heavy atom. The van der Waals surface area contributed by atoms with Crippen LogP contribution in [0.5, 0.6) is 0 Å². The number of rotatable bonds is 2. The van der Waals surface area contributed by atoms with Crippen LogP contribution in [0.3, 0.4) is 0 Å². The summed E-state index contributed by atoms with van der Waals surface area (Å²) in [7, 11) is 0. The number of hydrogen-bond acceptors (Lipinski definition) is 1. The predicted molar refractivity (Wildman–Crippen MR) is 63.5 cm³/mol. The zero-order valence-electron chi connectivity index (χ0n) is 8.52. The molecule has 1 aromatic carbocycles. The fourth-order valence-corrected chi connectivity index (χ4v) is 2.65. The third-order valence-corrected chi connectivity index (χ3v) is 3.43. The van der Waals surface area contributed by atoms with Crippen LogP contribution in [0.25, 0.3) is 0 Å². The van der Waals surface area contributed by atoms with Crippen molar-refractivity contribution in [2.75, 3.05) is 6.54 Å². The molecule has 0 radical (unpaired) electrons. The molecule has 0 amide bonds. The average Bonchev–Trinajstić information content (AvgIpc) is 2.51. The Hall–Kier alpha value is -0.340. The highest BCUT2D eigenvalue weighted by molar-refractivity contribution is 9.10. The van der Waals surface area contributed by atoms with Crippen molar-refractivity contribution in [1.29, 1.82) is 0 Å². The summed E-state index contributed by atoms with van der Waals surface area (Å²) in [4.78, 5) is 0. The summed E-state index contributed by atoms with van der Waals surface area (Å²) in [5.74, 6) is 0. The van der Waals surface area contributed by atoms with Crippen LogP contribution in [0.4, 0.5) is 0 Å².